The van der Waals surface area contributed by atoms with Crippen molar-refractivity contribution in [3.05, 3.63) is 40.9 Å². The van der Waals surface area contributed by atoms with Gasteiger partial charge in [0.2, 0.25) is 0 Å². The molecule has 1 unspecified atom stereocenters. The van der Waals surface area contributed by atoms with Crippen molar-refractivity contribution in [1.82, 2.24) is 5.43 Å². The van der Waals surface area contributed by atoms with Crippen LogP contribution in [-0.4, -0.2) is 7.11 Å². The molecule has 0 bridgehead atoms. The number of hydrogen-bond acceptors (Lipinski definition) is 3. The fourth-order valence-electron chi connectivity index (χ4n) is 1.70. The summed E-state index contributed by atoms with van der Waals surface area (Å²) in [7, 11) is 1.64. The number of halogens is 1. The summed E-state index contributed by atoms with van der Waals surface area (Å²) < 4.78 is 5.31. The van der Waals surface area contributed by atoms with Gasteiger partial charge in [0.1, 0.15) is 5.75 Å². The molecular weight excluding hydrogens is 236 g/mol. The van der Waals surface area contributed by atoms with E-state index >= 15 is 0 Å². The average molecular weight is 255 g/mol. The van der Waals surface area contributed by atoms with Crippen molar-refractivity contribution in [3.8, 4) is 5.75 Å². The van der Waals surface area contributed by atoms with Crippen molar-refractivity contribution in [2.24, 2.45) is 5.84 Å². The van der Waals surface area contributed by atoms with Crippen LogP contribution < -0.4 is 16.0 Å². The Kier molecular flexibility index (Phi) is 5.48. The molecule has 17 heavy (non-hydrogen) atoms. The molecular formula is C13H19ClN2O. The van der Waals surface area contributed by atoms with E-state index in [-0.39, 0.29) is 6.04 Å². The maximum atomic E-state index is 6.00. The molecule has 0 heterocycles. The number of ether oxygens (including phenoxy) is 1. The zero-order chi connectivity index (χ0) is 12.8. The maximum Gasteiger partial charge on any atom is 0.123 e. The first-order valence-corrected chi connectivity index (χ1v) is 5.90. The number of hydrogen-bond donors (Lipinski definition) is 2. The minimum Gasteiger partial charge on any atom is -0.496 e. The number of methoxy groups -OCH3 is 1. The molecule has 0 radical (unpaired) electrons. The average Bonchev–Trinajstić information content (AvgIpc) is 2.30. The monoisotopic (exact) mass is 254 g/mol. The van der Waals surface area contributed by atoms with Gasteiger partial charge in [-0.1, -0.05) is 17.2 Å². The Labute approximate surface area is 108 Å². The van der Waals surface area contributed by atoms with Crippen LogP contribution in [0.15, 0.2) is 30.4 Å². The topological polar surface area (TPSA) is 47.3 Å². The predicted octanol–water partition coefficient (Wildman–Crippen LogP) is 3.21. The van der Waals surface area contributed by atoms with Crippen molar-refractivity contribution < 1.29 is 4.74 Å². The van der Waals surface area contributed by atoms with Crippen molar-refractivity contribution in [3.63, 3.8) is 0 Å². The van der Waals surface area contributed by atoms with Gasteiger partial charge < -0.3 is 4.74 Å². The Morgan fingerprint density at radius 3 is 2.82 bits per heavy atom. The van der Waals surface area contributed by atoms with Gasteiger partial charge >= 0.3 is 0 Å². The Hall–Kier alpha value is -1.03. The molecule has 1 atom stereocenters. The Balaban J connectivity index is 2.93. The van der Waals surface area contributed by atoms with Gasteiger partial charge in [-0.15, -0.1) is 6.58 Å². The molecule has 4 heteroatoms. The highest BCUT2D eigenvalue weighted by molar-refractivity contribution is 6.30. The summed E-state index contributed by atoms with van der Waals surface area (Å²) in [6.45, 7) is 5.89. The molecule has 1 aromatic carbocycles. The minimum atomic E-state index is 0.0142. The van der Waals surface area contributed by atoms with Gasteiger partial charge in [-0.05, 0) is 38.0 Å². The molecule has 0 aromatic heterocycles. The van der Waals surface area contributed by atoms with Gasteiger partial charge in [-0.25, -0.2) is 0 Å². The third-order valence-corrected chi connectivity index (χ3v) is 2.86. The van der Waals surface area contributed by atoms with Crippen LogP contribution in [0, 0.1) is 0 Å². The first-order chi connectivity index (χ1) is 8.08. The first kappa shape index (κ1) is 14.0. The van der Waals surface area contributed by atoms with Crippen LogP contribution in [0.2, 0.25) is 5.02 Å². The highest BCUT2D eigenvalue weighted by Gasteiger charge is 2.15. The SMILES string of the molecule is C=C(C)CCC(NN)c1cc(Cl)ccc1OC. The maximum absolute atomic E-state index is 6.00. The largest absolute Gasteiger partial charge is 0.496 e. The van der Waals surface area contributed by atoms with E-state index in [4.69, 9.17) is 22.2 Å². The molecule has 94 valence electrons. The van der Waals surface area contributed by atoms with Crippen LogP contribution in [0.3, 0.4) is 0 Å². The quantitative estimate of drug-likeness (QED) is 0.466. The van der Waals surface area contributed by atoms with E-state index in [1.807, 2.05) is 19.1 Å². The number of benzene rings is 1. The smallest absolute Gasteiger partial charge is 0.123 e. The van der Waals surface area contributed by atoms with Gasteiger partial charge in [0.05, 0.1) is 7.11 Å². The highest BCUT2D eigenvalue weighted by Crippen LogP contribution is 2.30. The molecule has 0 saturated carbocycles. The van der Waals surface area contributed by atoms with E-state index in [2.05, 4.69) is 12.0 Å². The molecule has 0 amide bonds. The van der Waals surface area contributed by atoms with Crippen LogP contribution in [-0.2, 0) is 0 Å². The summed E-state index contributed by atoms with van der Waals surface area (Å²) in [6.07, 6.45) is 1.77. The molecule has 1 rings (SSSR count). The molecule has 0 aliphatic rings. The third kappa shape index (κ3) is 4.04. The Morgan fingerprint density at radius 2 is 2.29 bits per heavy atom. The van der Waals surface area contributed by atoms with Gasteiger partial charge in [0, 0.05) is 16.6 Å². The fourth-order valence-corrected chi connectivity index (χ4v) is 1.88. The second-order valence-corrected chi connectivity index (χ2v) is 4.54. The van der Waals surface area contributed by atoms with Gasteiger partial charge in [-0.2, -0.15) is 0 Å². The van der Waals surface area contributed by atoms with Crippen LogP contribution in [0.25, 0.3) is 0 Å². The number of nitrogens with one attached hydrogen (secondary N) is 1. The normalized spacial score (nSPS) is 12.2. The molecule has 0 fully saturated rings. The zero-order valence-electron chi connectivity index (χ0n) is 10.3. The van der Waals surface area contributed by atoms with Crippen LogP contribution in [0.4, 0.5) is 0 Å². The Bertz CT molecular complexity index is 393. The second-order valence-electron chi connectivity index (χ2n) is 4.10. The van der Waals surface area contributed by atoms with Crippen LogP contribution in [0.1, 0.15) is 31.4 Å². The molecule has 0 spiro atoms. The third-order valence-electron chi connectivity index (χ3n) is 2.63. The zero-order valence-corrected chi connectivity index (χ0v) is 11.1. The summed E-state index contributed by atoms with van der Waals surface area (Å²) in [5.74, 6) is 6.38. The summed E-state index contributed by atoms with van der Waals surface area (Å²) in [4.78, 5) is 0. The standard InChI is InChI=1S/C13H19ClN2O/c1-9(2)4-6-12(16-15)11-8-10(14)5-7-13(11)17-3/h5,7-8,12,16H,1,4,6,15H2,2-3H3. The van der Waals surface area contributed by atoms with E-state index in [9.17, 15) is 0 Å². The molecule has 0 saturated heterocycles. The van der Waals surface area contributed by atoms with Crippen molar-refractivity contribution >= 4 is 11.6 Å². The van der Waals surface area contributed by atoms with Crippen molar-refractivity contribution in [2.45, 2.75) is 25.8 Å². The fraction of sp³-hybridized carbons (Fsp3) is 0.385. The minimum absolute atomic E-state index is 0.0142. The van der Waals surface area contributed by atoms with Gasteiger partial charge in [0.15, 0.2) is 0 Å². The molecule has 0 aliphatic heterocycles. The van der Waals surface area contributed by atoms with Crippen molar-refractivity contribution in [1.29, 1.82) is 0 Å². The highest BCUT2D eigenvalue weighted by atomic mass is 35.5. The lowest BCUT2D eigenvalue weighted by atomic mass is 9.99. The van der Waals surface area contributed by atoms with Gasteiger partial charge in [0.25, 0.3) is 0 Å². The van der Waals surface area contributed by atoms with Crippen LogP contribution in [0.5, 0.6) is 5.75 Å². The Morgan fingerprint density at radius 1 is 1.59 bits per heavy atom. The molecule has 0 aliphatic carbocycles. The van der Waals surface area contributed by atoms with E-state index in [0.717, 1.165) is 29.7 Å². The molecule has 1 aromatic rings. The van der Waals surface area contributed by atoms with E-state index in [1.54, 1.807) is 13.2 Å². The lowest BCUT2D eigenvalue weighted by Gasteiger charge is -2.19. The summed E-state index contributed by atoms with van der Waals surface area (Å²) in [5, 5.41) is 0.677. The first-order valence-electron chi connectivity index (χ1n) is 5.52. The van der Waals surface area contributed by atoms with E-state index < -0.39 is 0 Å². The van der Waals surface area contributed by atoms with Crippen LogP contribution >= 0.6 is 11.6 Å². The lowest BCUT2D eigenvalue weighted by Crippen LogP contribution is -2.28. The summed E-state index contributed by atoms with van der Waals surface area (Å²) >= 11 is 6.00. The summed E-state index contributed by atoms with van der Waals surface area (Å²) in [5.41, 5.74) is 4.90. The number of hydrazine groups is 1. The second kappa shape index (κ2) is 6.64. The summed E-state index contributed by atoms with van der Waals surface area (Å²) in [6, 6.07) is 5.54. The number of allylic oxidation sites excluding steroid dienone is 1. The number of rotatable bonds is 6. The van der Waals surface area contributed by atoms with E-state index in [0.29, 0.717) is 5.02 Å². The molecule has 3 N–H and O–H groups in total. The predicted molar refractivity (Wildman–Crippen MR) is 72.1 cm³/mol. The van der Waals surface area contributed by atoms with Crippen molar-refractivity contribution in [2.75, 3.05) is 7.11 Å². The molecule has 3 nitrogen and oxygen atoms in total. The van der Waals surface area contributed by atoms with E-state index in [1.165, 1.54) is 0 Å². The number of nitrogens with two attached hydrogens (primary N) is 1. The lowest BCUT2D eigenvalue weighted by molar-refractivity contribution is 0.396. The van der Waals surface area contributed by atoms with Gasteiger partial charge in [-0.3, -0.25) is 11.3 Å².